The molecule has 0 saturated heterocycles. The minimum Gasteiger partial charge on any atom is -0.373 e. The molecule has 2 aromatic rings. The molecule has 0 radical (unpaired) electrons. The quantitative estimate of drug-likeness (QED) is 0.810. The number of pyridine rings is 1. The van der Waals surface area contributed by atoms with Crippen molar-refractivity contribution in [1.29, 1.82) is 0 Å². The molecule has 2 N–H and O–H groups in total. The van der Waals surface area contributed by atoms with Gasteiger partial charge in [-0.15, -0.1) is 0 Å². The van der Waals surface area contributed by atoms with Crippen molar-refractivity contribution >= 4 is 11.6 Å². The SMILES string of the molecule is CCCc1nc(NC)cc(NCCc2ccncc2)n1. The van der Waals surface area contributed by atoms with Gasteiger partial charge in [0.05, 0.1) is 0 Å². The van der Waals surface area contributed by atoms with Gasteiger partial charge in [-0.05, 0) is 30.5 Å². The Hall–Kier alpha value is -2.17. The fourth-order valence-electron chi connectivity index (χ4n) is 1.94. The summed E-state index contributed by atoms with van der Waals surface area (Å²) in [6, 6.07) is 6.00. The first-order valence-electron chi connectivity index (χ1n) is 7.00. The third-order valence-electron chi connectivity index (χ3n) is 2.97. The van der Waals surface area contributed by atoms with Crippen LogP contribution >= 0.6 is 0 Å². The van der Waals surface area contributed by atoms with E-state index in [9.17, 15) is 0 Å². The van der Waals surface area contributed by atoms with Gasteiger partial charge in [0.1, 0.15) is 17.5 Å². The van der Waals surface area contributed by atoms with Crippen molar-refractivity contribution in [3.8, 4) is 0 Å². The van der Waals surface area contributed by atoms with Gasteiger partial charge in [-0.2, -0.15) is 0 Å². The van der Waals surface area contributed by atoms with Crippen molar-refractivity contribution in [3.63, 3.8) is 0 Å². The van der Waals surface area contributed by atoms with Gasteiger partial charge in [-0.25, -0.2) is 9.97 Å². The van der Waals surface area contributed by atoms with Crippen LogP contribution in [-0.4, -0.2) is 28.5 Å². The van der Waals surface area contributed by atoms with Gasteiger partial charge < -0.3 is 10.6 Å². The molecular formula is C15H21N5. The molecule has 0 spiro atoms. The molecular weight excluding hydrogens is 250 g/mol. The average Bonchev–Trinajstić information content (AvgIpc) is 2.48. The van der Waals surface area contributed by atoms with Crippen molar-refractivity contribution in [1.82, 2.24) is 15.0 Å². The van der Waals surface area contributed by atoms with E-state index in [1.54, 1.807) is 0 Å². The van der Waals surface area contributed by atoms with Gasteiger partial charge in [0.2, 0.25) is 0 Å². The fraction of sp³-hybridized carbons (Fsp3) is 0.400. The fourth-order valence-corrected chi connectivity index (χ4v) is 1.94. The second kappa shape index (κ2) is 7.43. The van der Waals surface area contributed by atoms with Crippen molar-refractivity contribution in [2.75, 3.05) is 24.2 Å². The standard InChI is InChI=1S/C15H21N5/c1-3-4-13-19-14(16-2)11-15(20-13)18-10-7-12-5-8-17-9-6-12/h5-6,8-9,11H,3-4,7,10H2,1-2H3,(H2,16,18,19,20). The topological polar surface area (TPSA) is 62.7 Å². The summed E-state index contributed by atoms with van der Waals surface area (Å²) in [5.74, 6) is 2.61. The van der Waals surface area contributed by atoms with Crippen LogP contribution in [0.5, 0.6) is 0 Å². The summed E-state index contributed by atoms with van der Waals surface area (Å²) in [5, 5.41) is 6.43. The largest absolute Gasteiger partial charge is 0.373 e. The molecule has 5 heteroatoms. The van der Waals surface area contributed by atoms with Crippen molar-refractivity contribution < 1.29 is 0 Å². The maximum atomic E-state index is 4.53. The van der Waals surface area contributed by atoms with E-state index in [-0.39, 0.29) is 0 Å². The summed E-state index contributed by atoms with van der Waals surface area (Å²) in [4.78, 5) is 13.0. The molecule has 0 aliphatic rings. The Bertz CT molecular complexity index is 527. The summed E-state index contributed by atoms with van der Waals surface area (Å²) >= 11 is 0. The van der Waals surface area contributed by atoms with Gasteiger partial charge in [0.25, 0.3) is 0 Å². The highest BCUT2D eigenvalue weighted by Gasteiger charge is 2.03. The summed E-state index contributed by atoms with van der Waals surface area (Å²) < 4.78 is 0. The lowest BCUT2D eigenvalue weighted by Gasteiger charge is -2.09. The molecule has 0 aliphatic carbocycles. The predicted molar refractivity (Wildman–Crippen MR) is 82.0 cm³/mol. The average molecular weight is 271 g/mol. The van der Waals surface area contributed by atoms with Crippen LogP contribution in [0.25, 0.3) is 0 Å². The zero-order valence-electron chi connectivity index (χ0n) is 12.1. The van der Waals surface area contributed by atoms with Gasteiger partial charge >= 0.3 is 0 Å². The Labute approximate surface area is 119 Å². The number of hydrogen-bond acceptors (Lipinski definition) is 5. The summed E-state index contributed by atoms with van der Waals surface area (Å²) in [7, 11) is 1.87. The molecule has 0 fully saturated rings. The Morgan fingerprint density at radius 2 is 1.80 bits per heavy atom. The molecule has 5 nitrogen and oxygen atoms in total. The number of anilines is 2. The molecule has 20 heavy (non-hydrogen) atoms. The molecule has 2 heterocycles. The molecule has 0 amide bonds. The van der Waals surface area contributed by atoms with Gasteiger partial charge in [-0.1, -0.05) is 6.92 Å². The Morgan fingerprint density at radius 3 is 2.50 bits per heavy atom. The Morgan fingerprint density at radius 1 is 1.05 bits per heavy atom. The lowest BCUT2D eigenvalue weighted by atomic mass is 10.2. The number of rotatable bonds is 7. The van der Waals surface area contributed by atoms with Crippen LogP contribution in [0.1, 0.15) is 24.7 Å². The number of aryl methyl sites for hydroxylation is 1. The second-order valence-electron chi connectivity index (χ2n) is 4.59. The van der Waals surface area contributed by atoms with Crippen LogP contribution in [0, 0.1) is 0 Å². The van der Waals surface area contributed by atoms with E-state index in [1.165, 1.54) is 5.56 Å². The number of nitrogens with one attached hydrogen (secondary N) is 2. The normalized spacial score (nSPS) is 10.3. The van der Waals surface area contributed by atoms with Gasteiger partial charge in [0.15, 0.2) is 0 Å². The highest BCUT2D eigenvalue weighted by atomic mass is 15.1. The van der Waals surface area contributed by atoms with E-state index in [4.69, 9.17) is 0 Å². The molecule has 0 bridgehead atoms. The number of aromatic nitrogens is 3. The van der Waals surface area contributed by atoms with Crippen LogP contribution in [0.3, 0.4) is 0 Å². The van der Waals surface area contributed by atoms with E-state index in [2.05, 4.69) is 32.5 Å². The third kappa shape index (κ3) is 4.19. The second-order valence-corrected chi connectivity index (χ2v) is 4.59. The summed E-state index contributed by atoms with van der Waals surface area (Å²) in [6.07, 6.45) is 6.53. The minimum absolute atomic E-state index is 0.843. The van der Waals surface area contributed by atoms with Crippen molar-refractivity contribution in [3.05, 3.63) is 42.0 Å². The van der Waals surface area contributed by atoms with E-state index >= 15 is 0 Å². The van der Waals surface area contributed by atoms with Crippen LogP contribution in [0.2, 0.25) is 0 Å². The van der Waals surface area contributed by atoms with Crippen LogP contribution in [-0.2, 0) is 12.8 Å². The third-order valence-corrected chi connectivity index (χ3v) is 2.97. The number of nitrogens with zero attached hydrogens (tertiary/aromatic N) is 3. The zero-order chi connectivity index (χ0) is 14.2. The van der Waals surface area contributed by atoms with Crippen LogP contribution in [0.15, 0.2) is 30.6 Å². The van der Waals surface area contributed by atoms with Gasteiger partial charge in [0, 0.05) is 38.5 Å². The molecule has 0 atom stereocenters. The maximum Gasteiger partial charge on any atom is 0.133 e. The first-order chi connectivity index (χ1) is 9.81. The van der Waals surface area contributed by atoms with Crippen molar-refractivity contribution in [2.45, 2.75) is 26.2 Å². The lowest BCUT2D eigenvalue weighted by molar-refractivity contribution is 0.834. The first kappa shape index (κ1) is 14.2. The number of hydrogen-bond donors (Lipinski definition) is 2. The minimum atomic E-state index is 0.843. The molecule has 0 aliphatic heterocycles. The predicted octanol–water partition coefficient (Wildman–Crippen LogP) is 2.52. The smallest absolute Gasteiger partial charge is 0.133 e. The molecule has 0 unspecified atom stereocenters. The maximum absolute atomic E-state index is 4.53. The Balaban J connectivity index is 1.96. The Kier molecular flexibility index (Phi) is 5.29. The highest BCUT2D eigenvalue weighted by molar-refractivity contribution is 5.47. The molecule has 2 rings (SSSR count). The van der Waals surface area contributed by atoms with E-state index in [1.807, 2.05) is 37.6 Å². The monoisotopic (exact) mass is 271 g/mol. The van der Waals surface area contributed by atoms with E-state index in [0.29, 0.717) is 0 Å². The van der Waals surface area contributed by atoms with Crippen LogP contribution in [0.4, 0.5) is 11.6 Å². The summed E-state index contributed by atoms with van der Waals surface area (Å²) in [5.41, 5.74) is 1.27. The van der Waals surface area contributed by atoms with E-state index in [0.717, 1.165) is 43.3 Å². The van der Waals surface area contributed by atoms with Gasteiger partial charge in [-0.3, -0.25) is 4.98 Å². The van der Waals surface area contributed by atoms with Crippen molar-refractivity contribution in [2.24, 2.45) is 0 Å². The zero-order valence-corrected chi connectivity index (χ0v) is 12.1. The summed E-state index contributed by atoms with van der Waals surface area (Å²) in [6.45, 7) is 2.97. The molecule has 0 saturated carbocycles. The molecule has 106 valence electrons. The highest BCUT2D eigenvalue weighted by Crippen LogP contribution is 2.12. The van der Waals surface area contributed by atoms with E-state index < -0.39 is 0 Å². The molecule has 2 aromatic heterocycles. The lowest BCUT2D eigenvalue weighted by Crippen LogP contribution is -2.09. The van der Waals surface area contributed by atoms with Crippen LogP contribution < -0.4 is 10.6 Å². The molecule has 0 aromatic carbocycles. The first-order valence-corrected chi connectivity index (χ1v) is 7.00.